The Morgan fingerprint density at radius 3 is 2.78 bits per heavy atom. The fraction of sp³-hybridized carbons (Fsp3) is 0.364. The fourth-order valence-electron chi connectivity index (χ4n) is 1.18. The third-order valence-electron chi connectivity index (χ3n) is 2.06. The molecule has 0 aliphatic rings. The van der Waals surface area contributed by atoms with Crippen LogP contribution in [0.4, 0.5) is 20.2 Å². The number of carbonyl (C=O) groups excluding carboxylic acids is 1. The topological polar surface area (TPSA) is 73.6 Å². The Hall–Kier alpha value is -1.73. The van der Waals surface area contributed by atoms with Gasteiger partial charge in [-0.2, -0.15) is 0 Å². The van der Waals surface area contributed by atoms with Crippen LogP contribution in [0.2, 0.25) is 0 Å². The summed E-state index contributed by atoms with van der Waals surface area (Å²) in [5.41, 5.74) is 5.00. The number of halogens is 2. The predicted octanol–water partition coefficient (Wildman–Crippen LogP) is 1.15. The number of hydrogen-bond acceptors (Lipinski definition) is 4. The van der Waals surface area contributed by atoms with Crippen LogP contribution in [0.25, 0.3) is 0 Å². The molecule has 1 amide bonds. The van der Waals surface area contributed by atoms with Gasteiger partial charge < -0.3 is 20.5 Å². The van der Waals surface area contributed by atoms with Crippen molar-refractivity contribution in [1.29, 1.82) is 0 Å². The molecule has 1 aromatic rings. The molecule has 100 valence electrons. The molecule has 0 saturated carbocycles. The van der Waals surface area contributed by atoms with Gasteiger partial charge in [-0.15, -0.1) is 0 Å². The summed E-state index contributed by atoms with van der Waals surface area (Å²) >= 11 is 0. The van der Waals surface area contributed by atoms with E-state index >= 15 is 0 Å². The van der Waals surface area contributed by atoms with Gasteiger partial charge >= 0.3 is 0 Å². The summed E-state index contributed by atoms with van der Waals surface area (Å²) in [7, 11) is 1.49. The largest absolute Gasteiger partial charge is 0.397 e. The van der Waals surface area contributed by atoms with E-state index in [4.69, 9.17) is 15.2 Å². The predicted molar refractivity (Wildman–Crippen MR) is 62.1 cm³/mol. The number of carbonyl (C=O) groups is 1. The Kier molecular flexibility index (Phi) is 5.47. The van der Waals surface area contributed by atoms with Crippen molar-refractivity contribution in [2.75, 3.05) is 38.0 Å². The zero-order chi connectivity index (χ0) is 13.5. The third-order valence-corrected chi connectivity index (χ3v) is 2.06. The number of amides is 1. The van der Waals surface area contributed by atoms with E-state index < -0.39 is 17.5 Å². The lowest BCUT2D eigenvalue weighted by molar-refractivity contribution is -0.121. The number of rotatable bonds is 6. The number of ether oxygens (including phenoxy) is 2. The number of hydrogen-bond donors (Lipinski definition) is 2. The lowest BCUT2D eigenvalue weighted by atomic mass is 10.2. The molecule has 5 nitrogen and oxygen atoms in total. The van der Waals surface area contributed by atoms with E-state index in [2.05, 4.69) is 5.32 Å². The second kappa shape index (κ2) is 6.87. The standard InChI is InChI=1S/C11H14F2N2O3/c1-17-4-5-18-6-9(16)15-11-8(14)3-2-7(12)10(11)13/h2-3H,4-6,14H2,1H3,(H,15,16). The summed E-state index contributed by atoms with van der Waals surface area (Å²) in [6, 6.07) is 2.05. The van der Waals surface area contributed by atoms with Crippen molar-refractivity contribution < 1.29 is 23.0 Å². The SMILES string of the molecule is COCCOCC(=O)Nc1c(N)ccc(F)c1F. The minimum absolute atomic E-state index is 0.0564. The van der Waals surface area contributed by atoms with E-state index in [1.807, 2.05) is 0 Å². The molecule has 0 bridgehead atoms. The first kappa shape index (κ1) is 14.3. The molecule has 18 heavy (non-hydrogen) atoms. The summed E-state index contributed by atoms with van der Waals surface area (Å²) in [6.45, 7) is 0.271. The van der Waals surface area contributed by atoms with Crippen LogP contribution >= 0.6 is 0 Å². The second-order valence-corrected chi connectivity index (χ2v) is 3.42. The van der Waals surface area contributed by atoms with Gasteiger partial charge in [0, 0.05) is 7.11 Å². The van der Waals surface area contributed by atoms with Gasteiger partial charge in [-0.3, -0.25) is 4.79 Å². The van der Waals surface area contributed by atoms with Crippen LogP contribution in [0.3, 0.4) is 0 Å². The minimum Gasteiger partial charge on any atom is -0.397 e. The lowest BCUT2D eigenvalue weighted by Gasteiger charge is -2.10. The number of benzene rings is 1. The maximum atomic E-state index is 13.3. The van der Waals surface area contributed by atoms with Gasteiger partial charge in [0.1, 0.15) is 12.3 Å². The van der Waals surface area contributed by atoms with Crippen molar-refractivity contribution in [3.8, 4) is 0 Å². The van der Waals surface area contributed by atoms with Crippen molar-refractivity contribution in [3.05, 3.63) is 23.8 Å². The van der Waals surface area contributed by atoms with Crippen LogP contribution < -0.4 is 11.1 Å². The number of nitrogens with one attached hydrogen (secondary N) is 1. The van der Waals surface area contributed by atoms with E-state index in [1.54, 1.807) is 0 Å². The van der Waals surface area contributed by atoms with Crippen LogP contribution in [0.5, 0.6) is 0 Å². The van der Waals surface area contributed by atoms with E-state index in [9.17, 15) is 13.6 Å². The molecule has 1 rings (SSSR count). The maximum absolute atomic E-state index is 13.3. The maximum Gasteiger partial charge on any atom is 0.250 e. The van der Waals surface area contributed by atoms with E-state index in [-0.39, 0.29) is 24.6 Å². The molecule has 0 heterocycles. The molecule has 0 aliphatic carbocycles. The molecule has 0 aliphatic heterocycles. The molecule has 0 saturated heterocycles. The summed E-state index contributed by atoms with van der Waals surface area (Å²) in [5, 5.41) is 2.15. The normalized spacial score (nSPS) is 10.4. The van der Waals surface area contributed by atoms with Gasteiger partial charge in [-0.25, -0.2) is 8.78 Å². The third kappa shape index (κ3) is 3.94. The summed E-state index contributed by atoms with van der Waals surface area (Å²) in [4.78, 5) is 11.4. The van der Waals surface area contributed by atoms with Crippen molar-refractivity contribution in [3.63, 3.8) is 0 Å². The van der Waals surface area contributed by atoms with Crippen LogP contribution in [0.15, 0.2) is 12.1 Å². The quantitative estimate of drug-likeness (QED) is 0.594. The zero-order valence-electron chi connectivity index (χ0n) is 9.83. The number of anilines is 2. The molecular weight excluding hydrogens is 246 g/mol. The molecule has 1 aromatic carbocycles. The molecule has 0 atom stereocenters. The van der Waals surface area contributed by atoms with Gasteiger partial charge in [0.15, 0.2) is 11.6 Å². The van der Waals surface area contributed by atoms with E-state index in [1.165, 1.54) is 13.2 Å². The number of methoxy groups -OCH3 is 1. The molecule has 0 aromatic heterocycles. The average Bonchev–Trinajstić information content (AvgIpc) is 2.35. The molecule has 7 heteroatoms. The Morgan fingerprint density at radius 1 is 1.39 bits per heavy atom. The Labute approximate surface area is 103 Å². The highest BCUT2D eigenvalue weighted by Crippen LogP contribution is 2.24. The van der Waals surface area contributed by atoms with Crippen molar-refractivity contribution >= 4 is 17.3 Å². The molecule has 0 spiro atoms. The second-order valence-electron chi connectivity index (χ2n) is 3.42. The first-order valence-electron chi connectivity index (χ1n) is 5.16. The first-order valence-corrected chi connectivity index (χ1v) is 5.16. The van der Waals surface area contributed by atoms with E-state index in [0.29, 0.717) is 6.61 Å². The van der Waals surface area contributed by atoms with Gasteiger partial charge in [0.2, 0.25) is 0 Å². The summed E-state index contributed by atoms with van der Waals surface area (Å²) < 4.78 is 35.9. The molecule has 0 radical (unpaired) electrons. The highest BCUT2D eigenvalue weighted by molar-refractivity contribution is 5.94. The minimum atomic E-state index is -1.19. The lowest BCUT2D eigenvalue weighted by Crippen LogP contribution is -2.21. The Balaban J connectivity index is 2.57. The van der Waals surface area contributed by atoms with Gasteiger partial charge in [0.25, 0.3) is 5.91 Å². The summed E-state index contributed by atoms with van der Waals surface area (Å²) in [5.74, 6) is -2.90. The van der Waals surface area contributed by atoms with Gasteiger partial charge in [0.05, 0.1) is 18.9 Å². The summed E-state index contributed by atoms with van der Waals surface area (Å²) in [6.07, 6.45) is 0. The fourth-order valence-corrected chi connectivity index (χ4v) is 1.18. The average molecular weight is 260 g/mol. The number of nitrogen functional groups attached to an aromatic ring is 1. The van der Waals surface area contributed by atoms with Crippen molar-refractivity contribution in [1.82, 2.24) is 0 Å². The number of nitrogens with two attached hydrogens (primary N) is 1. The van der Waals surface area contributed by atoms with Gasteiger partial charge in [-0.1, -0.05) is 0 Å². The molecule has 0 unspecified atom stereocenters. The van der Waals surface area contributed by atoms with Crippen molar-refractivity contribution in [2.45, 2.75) is 0 Å². The molecule has 0 fully saturated rings. The first-order chi connectivity index (χ1) is 8.56. The van der Waals surface area contributed by atoms with Crippen LogP contribution in [0.1, 0.15) is 0 Å². The van der Waals surface area contributed by atoms with Gasteiger partial charge in [-0.05, 0) is 12.1 Å². The molecule has 3 N–H and O–H groups in total. The van der Waals surface area contributed by atoms with Crippen molar-refractivity contribution in [2.24, 2.45) is 0 Å². The monoisotopic (exact) mass is 260 g/mol. The Morgan fingerprint density at radius 2 is 2.11 bits per heavy atom. The highest BCUT2D eigenvalue weighted by Gasteiger charge is 2.14. The highest BCUT2D eigenvalue weighted by atomic mass is 19.2. The van der Waals surface area contributed by atoms with Crippen LogP contribution in [-0.4, -0.2) is 32.8 Å². The molecular formula is C11H14F2N2O3. The Bertz CT molecular complexity index is 427. The zero-order valence-corrected chi connectivity index (χ0v) is 9.83. The van der Waals surface area contributed by atoms with E-state index in [0.717, 1.165) is 6.07 Å². The smallest absolute Gasteiger partial charge is 0.250 e. The van der Waals surface area contributed by atoms with Crippen LogP contribution in [-0.2, 0) is 14.3 Å². The van der Waals surface area contributed by atoms with Crippen LogP contribution in [0, 0.1) is 11.6 Å².